The van der Waals surface area contributed by atoms with Crippen LogP contribution >= 0.6 is 0 Å². The molecule has 0 unspecified atom stereocenters. The van der Waals surface area contributed by atoms with Gasteiger partial charge in [-0.25, -0.2) is 9.97 Å². The zero-order chi connectivity index (χ0) is 11.4. The summed E-state index contributed by atoms with van der Waals surface area (Å²) in [6.07, 6.45) is 1.54. The van der Waals surface area contributed by atoms with Crippen LogP contribution in [0.4, 0.5) is 5.95 Å². The molecule has 0 aliphatic heterocycles. The van der Waals surface area contributed by atoms with Crippen LogP contribution in [0, 0.1) is 18.3 Å². The smallest absolute Gasteiger partial charge is 0.224 e. The SMILES string of the molecule is Cc1ccc(CNc2nccc(C#N)n2)o1. The third-order valence-corrected chi connectivity index (χ3v) is 1.99. The first-order valence-corrected chi connectivity index (χ1v) is 4.80. The van der Waals surface area contributed by atoms with Gasteiger partial charge in [0.1, 0.15) is 23.3 Å². The Balaban J connectivity index is 2.02. The zero-order valence-electron chi connectivity index (χ0n) is 8.77. The lowest BCUT2D eigenvalue weighted by Gasteiger charge is -2.01. The maximum Gasteiger partial charge on any atom is 0.224 e. The van der Waals surface area contributed by atoms with E-state index in [9.17, 15) is 0 Å². The second-order valence-electron chi connectivity index (χ2n) is 3.24. The molecule has 0 saturated carbocycles. The van der Waals surface area contributed by atoms with Crippen LogP contribution in [0.2, 0.25) is 0 Å². The fourth-order valence-electron chi connectivity index (χ4n) is 1.25. The molecule has 2 aromatic rings. The van der Waals surface area contributed by atoms with E-state index in [-0.39, 0.29) is 0 Å². The molecular weight excluding hydrogens is 204 g/mol. The van der Waals surface area contributed by atoms with E-state index in [0.717, 1.165) is 11.5 Å². The van der Waals surface area contributed by atoms with E-state index in [2.05, 4.69) is 15.3 Å². The first-order valence-electron chi connectivity index (χ1n) is 4.80. The molecule has 0 bridgehead atoms. The minimum Gasteiger partial charge on any atom is -0.465 e. The van der Waals surface area contributed by atoms with Crippen LogP contribution in [0.1, 0.15) is 17.2 Å². The third-order valence-electron chi connectivity index (χ3n) is 1.99. The van der Waals surface area contributed by atoms with Gasteiger partial charge in [0.2, 0.25) is 5.95 Å². The summed E-state index contributed by atoms with van der Waals surface area (Å²) in [5.41, 5.74) is 0.341. The average Bonchev–Trinajstić information content (AvgIpc) is 2.73. The second-order valence-corrected chi connectivity index (χ2v) is 3.24. The minimum absolute atomic E-state index is 0.341. The summed E-state index contributed by atoms with van der Waals surface area (Å²) >= 11 is 0. The Morgan fingerprint density at radius 3 is 3.00 bits per heavy atom. The summed E-state index contributed by atoms with van der Waals surface area (Å²) < 4.78 is 5.38. The van der Waals surface area contributed by atoms with Gasteiger partial charge in [0.05, 0.1) is 6.54 Å². The molecule has 2 aromatic heterocycles. The van der Waals surface area contributed by atoms with Gasteiger partial charge in [-0.15, -0.1) is 0 Å². The highest BCUT2D eigenvalue weighted by atomic mass is 16.3. The number of aromatic nitrogens is 2. The number of nitrogens with one attached hydrogen (secondary N) is 1. The summed E-state index contributed by atoms with van der Waals surface area (Å²) in [5, 5.41) is 11.6. The Labute approximate surface area is 92.8 Å². The van der Waals surface area contributed by atoms with E-state index in [0.29, 0.717) is 18.2 Å². The highest BCUT2D eigenvalue weighted by molar-refractivity contribution is 5.30. The van der Waals surface area contributed by atoms with Crippen LogP contribution in [0.3, 0.4) is 0 Å². The third kappa shape index (κ3) is 2.36. The molecule has 5 heteroatoms. The first kappa shape index (κ1) is 10.2. The lowest BCUT2D eigenvalue weighted by molar-refractivity contribution is 0.490. The number of aryl methyl sites for hydroxylation is 1. The second kappa shape index (κ2) is 4.45. The largest absolute Gasteiger partial charge is 0.465 e. The molecule has 1 N–H and O–H groups in total. The Bertz CT molecular complexity index is 527. The van der Waals surface area contributed by atoms with Gasteiger partial charge in [0.25, 0.3) is 0 Å². The van der Waals surface area contributed by atoms with E-state index >= 15 is 0 Å². The number of anilines is 1. The number of hydrogen-bond acceptors (Lipinski definition) is 5. The molecule has 80 valence electrons. The van der Waals surface area contributed by atoms with Crippen LogP contribution in [0.5, 0.6) is 0 Å². The minimum atomic E-state index is 0.341. The van der Waals surface area contributed by atoms with Crippen LogP contribution < -0.4 is 5.32 Å². The number of nitriles is 1. The maximum atomic E-state index is 8.66. The average molecular weight is 214 g/mol. The Morgan fingerprint density at radius 1 is 1.44 bits per heavy atom. The topological polar surface area (TPSA) is 74.7 Å². The van der Waals surface area contributed by atoms with E-state index in [1.54, 1.807) is 12.3 Å². The zero-order valence-corrected chi connectivity index (χ0v) is 8.77. The van der Waals surface area contributed by atoms with Crippen molar-refractivity contribution in [1.82, 2.24) is 9.97 Å². The van der Waals surface area contributed by atoms with Crippen LogP contribution in [0.15, 0.2) is 28.8 Å². The van der Waals surface area contributed by atoms with Crippen LogP contribution in [0.25, 0.3) is 0 Å². The lowest BCUT2D eigenvalue weighted by atomic mass is 10.4. The Hall–Kier alpha value is -2.35. The highest BCUT2D eigenvalue weighted by Crippen LogP contribution is 2.08. The van der Waals surface area contributed by atoms with Gasteiger partial charge in [-0.1, -0.05) is 0 Å². The predicted octanol–water partition coefficient (Wildman–Crippen LogP) is 1.86. The standard InChI is InChI=1S/C11H10N4O/c1-8-2-3-10(16-8)7-14-11-13-5-4-9(6-12)15-11/h2-5H,7H2,1H3,(H,13,14,15). The summed E-state index contributed by atoms with van der Waals surface area (Å²) in [6, 6.07) is 7.29. The van der Waals surface area contributed by atoms with Gasteiger partial charge in [-0.2, -0.15) is 5.26 Å². The van der Waals surface area contributed by atoms with E-state index in [1.807, 2.05) is 25.1 Å². The molecule has 16 heavy (non-hydrogen) atoms. The van der Waals surface area contributed by atoms with Crippen LogP contribution in [-0.4, -0.2) is 9.97 Å². The van der Waals surface area contributed by atoms with Gasteiger partial charge >= 0.3 is 0 Å². The molecule has 0 saturated heterocycles. The molecule has 0 aromatic carbocycles. The molecule has 2 heterocycles. The number of nitrogens with zero attached hydrogens (tertiary/aromatic N) is 3. The summed E-state index contributed by atoms with van der Waals surface area (Å²) in [4.78, 5) is 7.98. The van der Waals surface area contributed by atoms with Crippen molar-refractivity contribution in [2.45, 2.75) is 13.5 Å². The van der Waals surface area contributed by atoms with Crippen LogP contribution in [-0.2, 0) is 6.54 Å². The summed E-state index contributed by atoms with van der Waals surface area (Å²) in [5.74, 6) is 2.10. The quantitative estimate of drug-likeness (QED) is 0.844. The Kier molecular flexibility index (Phi) is 2.83. The molecule has 0 amide bonds. The molecule has 0 atom stereocenters. The Morgan fingerprint density at radius 2 is 2.31 bits per heavy atom. The molecule has 0 aliphatic rings. The van der Waals surface area contributed by atoms with Crippen molar-refractivity contribution in [3.63, 3.8) is 0 Å². The lowest BCUT2D eigenvalue weighted by Crippen LogP contribution is -2.03. The summed E-state index contributed by atoms with van der Waals surface area (Å²) in [6.45, 7) is 2.39. The number of furan rings is 1. The van der Waals surface area contributed by atoms with Crippen molar-refractivity contribution >= 4 is 5.95 Å². The highest BCUT2D eigenvalue weighted by Gasteiger charge is 2.01. The molecule has 2 rings (SSSR count). The molecule has 0 fully saturated rings. The fourth-order valence-corrected chi connectivity index (χ4v) is 1.25. The summed E-state index contributed by atoms with van der Waals surface area (Å²) in [7, 11) is 0. The van der Waals surface area contributed by atoms with Crippen molar-refractivity contribution in [3.8, 4) is 6.07 Å². The normalized spacial score (nSPS) is 9.75. The van der Waals surface area contributed by atoms with Crippen molar-refractivity contribution in [2.24, 2.45) is 0 Å². The van der Waals surface area contributed by atoms with Gasteiger partial charge in [0, 0.05) is 6.20 Å². The van der Waals surface area contributed by atoms with Crippen molar-refractivity contribution in [1.29, 1.82) is 5.26 Å². The van der Waals surface area contributed by atoms with Crippen molar-refractivity contribution < 1.29 is 4.42 Å². The molecule has 0 spiro atoms. The van der Waals surface area contributed by atoms with E-state index in [1.165, 1.54) is 0 Å². The molecule has 5 nitrogen and oxygen atoms in total. The maximum absolute atomic E-state index is 8.66. The van der Waals surface area contributed by atoms with Gasteiger partial charge < -0.3 is 9.73 Å². The van der Waals surface area contributed by atoms with Crippen molar-refractivity contribution in [3.05, 3.63) is 41.6 Å². The van der Waals surface area contributed by atoms with E-state index < -0.39 is 0 Å². The van der Waals surface area contributed by atoms with Gasteiger partial charge in [0.15, 0.2) is 0 Å². The number of hydrogen-bond donors (Lipinski definition) is 1. The molecular formula is C11H10N4O. The number of rotatable bonds is 3. The van der Waals surface area contributed by atoms with Gasteiger partial charge in [-0.05, 0) is 25.1 Å². The first-order chi connectivity index (χ1) is 7.78. The van der Waals surface area contributed by atoms with Gasteiger partial charge in [-0.3, -0.25) is 0 Å². The fraction of sp³-hybridized carbons (Fsp3) is 0.182. The molecule has 0 radical (unpaired) electrons. The molecule has 0 aliphatic carbocycles. The van der Waals surface area contributed by atoms with E-state index in [4.69, 9.17) is 9.68 Å². The monoisotopic (exact) mass is 214 g/mol. The van der Waals surface area contributed by atoms with Crippen molar-refractivity contribution in [2.75, 3.05) is 5.32 Å². The predicted molar refractivity (Wildman–Crippen MR) is 57.5 cm³/mol.